The van der Waals surface area contributed by atoms with E-state index in [1.807, 2.05) is 6.92 Å². The number of nitrogens with zero attached hydrogens (tertiary/aromatic N) is 2. The molecule has 1 aromatic heterocycles. The summed E-state index contributed by atoms with van der Waals surface area (Å²) in [5, 5.41) is 15.5. The Bertz CT molecular complexity index is 283. The zero-order valence-corrected chi connectivity index (χ0v) is 6.52. The SMILES string of the molecule is CCc1nonc1C(N)C(=O)O. The van der Waals surface area contributed by atoms with Crippen molar-refractivity contribution >= 4 is 5.97 Å². The molecule has 0 fully saturated rings. The molecular formula is C6H9N3O3. The highest BCUT2D eigenvalue weighted by Crippen LogP contribution is 2.11. The molecule has 1 rings (SSSR count). The van der Waals surface area contributed by atoms with Crippen molar-refractivity contribution in [3.05, 3.63) is 11.4 Å². The maximum atomic E-state index is 10.4. The Morgan fingerprint density at radius 3 is 2.92 bits per heavy atom. The molecule has 0 saturated carbocycles. The number of hydrogen-bond donors (Lipinski definition) is 2. The summed E-state index contributed by atoms with van der Waals surface area (Å²) in [6.45, 7) is 1.82. The molecule has 0 saturated heterocycles. The number of carbonyl (C=O) groups is 1. The van der Waals surface area contributed by atoms with Gasteiger partial charge in [0.1, 0.15) is 11.4 Å². The van der Waals surface area contributed by atoms with Gasteiger partial charge >= 0.3 is 5.97 Å². The molecule has 6 nitrogen and oxygen atoms in total. The molecular weight excluding hydrogens is 162 g/mol. The molecule has 0 aliphatic rings. The molecule has 0 aromatic carbocycles. The lowest BCUT2D eigenvalue weighted by Crippen LogP contribution is -2.22. The fourth-order valence-corrected chi connectivity index (χ4v) is 0.812. The number of nitrogens with two attached hydrogens (primary N) is 1. The van der Waals surface area contributed by atoms with Gasteiger partial charge in [-0.05, 0) is 6.42 Å². The summed E-state index contributed by atoms with van der Waals surface area (Å²) >= 11 is 0. The van der Waals surface area contributed by atoms with Crippen molar-refractivity contribution in [1.82, 2.24) is 10.3 Å². The minimum Gasteiger partial charge on any atom is -0.480 e. The van der Waals surface area contributed by atoms with Crippen LogP contribution in [0.2, 0.25) is 0 Å². The van der Waals surface area contributed by atoms with Gasteiger partial charge in [-0.15, -0.1) is 0 Å². The van der Waals surface area contributed by atoms with Crippen LogP contribution >= 0.6 is 0 Å². The highest BCUT2D eigenvalue weighted by molar-refractivity contribution is 5.74. The summed E-state index contributed by atoms with van der Waals surface area (Å²) in [6, 6.07) is -1.15. The first kappa shape index (κ1) is 8.66. The van der Waals surface area contributed by atoms with Crippen molar-refractivity contribution in [1.29, 1.82) is 0 Å². The summed E-state index contributed by atoms with van der Waals surface area (Å²) in [5.74, 6) is -1.14. The van der Waals surface area contributed by atoms with Crippen molar-refractivity contribution < 1.29 is 14.5 Å². The smallest absolute Gasteiger partial charge is 0.326 e. The number of aryl methyl sites for hydroxylation is 1. The predicted molar refractivity (Wildman–Crippen MR) is 38.2 cm³/mol. The van der Waals surface area contributed by atoms with Gasteiger partial charge in [0.15, 0.2) is 6.04 Å². The lowest BCUT2D eigenvalue weighted by atomic mass is 10.1. The van der Waals surface area contributed by atoms with Crippen molar-refractivity contribution in [3.63, 3.8) is 0 Å². The van der Waals surface area contributed by atoms with E-state index in [0.717, 1.165) is 0 Å². The molecule has 12 heavy (non-hydrogen) atoms. The van der Waals surface area contributed by atoms with Gasteiger partial charge in [-0.25, -0.2) is 4.63 Å². The maximum Gasteiger partial charge on any atom is 0.326 e. The molecule has 0 aliphatic carbocycles. The van der Waals surface area contributed by atoms with Crippen LogP contribution in [0.15, 0.2) is 4.63 Å². The van der Waals surface area contributed by atoms with Crippen LogP contribution in [0.1, 0.15) is 24.4 Å². The lowest BCUT2D eigenvalue weighted by Gasteiger charge is -2.00. The molecule has 1 aromatic rings. The fourth-order valence-electron chi connectivity index (χ4n) is 0.812. The van der Waals surface area contributed by atoms with Crippen molar-refractivity contribution in [2.75, 3.05) is 0 Å². The molecule has 0 amide bonds. The zero-order valence-electron chi connectivity index (χ0n) is 6.52. The molecule has 1 atom stereocenters. The van der Waals surface area contributed by atoms with E-state index in [4.69, 9.17) is 10.8 Å². The van der Waals surface area contributed by atoms with E-state index in [0.29, 0.717) is 12.1 Å². The van der Waals surface area contributed by atoms with Gasteiger partial charge in [0.05, 0.1) is 0 Å². The van der Waals surface area contributed by atoms with Gasteiger partial charge < -0.3 is 10.8 Å². The van der Waals surface area contributed by atoms with Crippen LogP contribution in [0.25, 0.3) is 0 Å². The first-order valence-electron chi connectivity index (χ1n) is 3.46. The second-order valence-electron chi connectivity index (χ2n) is 2.27. The molecule has 3 N–H and O–H groups in total. The van der Waals surface area contributed by atoms with Crippen LogP contribution in [0.3, 0.4) is 0 Å². The second kappa shape index (κ2) is 3.31. The third-order valence-corrected chi connectivity index (χ3v) is 1.48. The van der Waals surface area contributed by atoms with Gasteiger partial charge in [0.25, 0.3) is 0 Å². The predicted octanol–water partition coefficient (Wildman–Crippen LogP) is -0.284. The van der Waals surface area contributed by atoms with E-state index in [1.165, 1.54) is 0 Å². The van der Waals surface area contributed by atoms with Crippen LogP contribution in [0, 0.1) is 0 Å². The van der Waals surface area contributed by atoms with Crippen LogP contribution in [0.4, 0.5) is 0 Å². The number of carboxylic acids is 1. The summed E-state index contributed by atoms with van der Waals surface area (Å²) in [6.07, 6.45) is 0.555. The Hall–Kier alpha value is -1.43. The Balaban J connectivity index is 2.93. The number of rotatable bonds is 3. The zero-order chi connectivity index (χ0) is 9.14. The number of aliphatic carboxylic acids is 1. The minimum absolute atomic E-state index is 0.199. The Labute approximate surface area is 68.3 Å². The molecule has 0 radical (unpaired) electrons. The Morgan fingerprint density at radius 1 is 1.75 bits per heavy atom. The highest BCUT2D eigenvalue weighted by atomic mass is 16.6. The van der Waals surface area contributed by atoms with Gasteiger partial charge in [0, 0.05) is 0 Å². The third-order valence-electron chi connectivity index (χ3n) is 1.48. The summed E-state index contributed by atoms with van der Waals surface area (Å²) in [7, 11) is 0. The van der Waals surface area contributed by atoms with Crippen molar-refractivity contribution in [3.8, 4) is 0 Å². The first-order chi connectivity index (χ1) is 5.66. The lowest BCUT2D eigenvalue weighted by molar-refractivity contribution is -0.138. The largest absolute Gasteiger partial charge is 0.480 e. The molecule has 1 unspecified atom stereocenters. The van der Waals surface area contributed by atoms with Gasteiger partial charge in [-0.2, -0.15) is 0 Å². The third kappa shape index (κ3) is 1.42. The van der Waals surface area contributed by atoms with Crippen molar-refractivity contribution in [2.24, 2.45) is 5.73 Å². The Kier molecular flexibility index (Phi) is 2.39. The number of hydrogen-bond acceptors (Lipinski definition) is 5. The molecule has 0 bridgehead atoms. The summed E-state index contributed by atoms with van der Waals surface area (Å²) < 4.78 is 4.36. The van der Waals surface area contributed by atoms with E-state index in [-0.39, 0.29) is 5.69 Å². The van der Waals surface area contributed by atoms with Crippen LogP contribution in [0.5, 0.6) is 0 Å². The van der Waals surface area contributed by atoms with Gasteiger partial charge in [-0.1, -0.05) is 17.2 Å². The summed E-state index contributed by atoms with van der Waals surface area (Å²) in [4.78, 5) is 10.4. The van der Waals surface area contributed by atoms with Crippen LogP contribution in [-0.2, 0) is 11.2 Å². The average Bonchev–Trinajstić information content (AvgIpc) is 2.49. The average molecular weight is 171 g/mol. The van der Waals surface area contributed by atoms with E-state index >= 15 is 0 Å². The highest BCUT2D eigenvalue weighted by Gasteiger charge is 2.22. The van der Waals surface area contributed by atoms with Crippen LogP contribution in [-0.4, -0.2) is 21.4 Å². The molecule has 1 heterocycles. The first-order valence-corrected chi connectivity index (χ1v) is 3.46. The summed E-state index contributed by atoms with van der Waals surface area (Å²) in [5.41, 5.74) is 5.99. The van der Waals surface area contributed by atoms with E-state index in [2.05, 4.69) is 14.9 Å². The minimum atomic E-state index is -1.15. The van der Waals surface area contributed by atoms with E-state index < -0.39 is 12.0 Å². The van der Waals surface area contributed by atoms with Crippen molar-refractivity contribution in [2.45, 2.75) is 19.4 Å². The Morgan fingerprint density at radius 2 is 2.42 bits per heavy atom. The normalized spacial score (nSPS) is 12.8. The van der Waals surface area contributed by atoms with Crippen LogP contribution < -0.4 is 5.73 Å². The monoisotopic (exact) mass is 171 g/mol. The van der Waals surface area contributed by atoms with Gasteiger partial charge in [-0.3, -0.25) is 4.79 Å². The second-order valence-corrected chi connectivity index (χ2v) is 2.27. The topological polar surface area (TPSA) is 102 Å². The fraction of sp³-hybridized carbons (Fsp3) is 0.500. The standard InChI is InChI=1S/C6H9N3O3/c1-2-3-5(9-12-8-3)4(7)6(10)11/h4H,2,7H2,1H3,(H,10,11). The molecule has 0 spiro atoms. The number of carboxylic acid groups (broad SMARTS) is 1. The quantitative estimate of drug-likeness (QED) is 0.648. The van der Waals surface area contributed by atoms with E-state index in [9.17, 15) is 4.79 Å². The number of aromatic nitrogens is 2. The molecule has 66 valence electrons. The maximum absolute atomic E-state index is 10.4. The van der Waals surface area contributed by atoms with Gasteiger partial charge in [0.2, 0.25) is 0 Å². The van der Waals surface area contributed by atoms with E-state index in [1.54, 1.807) is 0 Å². The molecule has 6 heteroatoms. The molecule has 0 aliphatic heterocycles.